The van der Waals surface area contributed by atoms with E-state index in [1.807, 2.05) is 0 Å². The van der Waals surface area contributed by atoms with Crippen molar-refractivity contribution < 1.29 is 13.9 Å². The number of hydrogen-bond donors (Lipinski definition) is 0. The van der Waals surface area contributed by atoms with E-state index in [0.717, 1.165) is 6.29 Å². The molecule has 0 saturated heterocycles. The van der Waals surface area contributed by atoms with Crippen LogP contribution in [0.4, 0.5) is 4.39 Å². The van der Waals surface area contributed by atoms with E-state index < -0.39 is 5.82 Å². The lowest BCUT2D eigenvalue weighted by Crippen LogP contribution is -1.97. The first-order valence-electron chi connectivity index (χ1n) is 4.15. The van der Waals surface area contributed by atoms with Gasteiger partial charge in [0.25, 0.3) is 0 Å². The fourth-order valence-electron chi connectivity index (χ4n) is 1.20. The molecular weight excluding hydrogens is 207 g/mol. The number of benzene rings is 1. The van der Waals surface area contributed by atoms with E-state index >= 15 is 0 Å². The summed E-state index contributed by atoms with van der Waals surface area (Å²) >= 11 is 5.60. The highest BCUT2D eigenvalue weighted by molar-refractivity contribution is 6.30. The molecule has 1 rings (SSSR count). The minimum absolute atomic E-state index is 0.0479. The van der Waals surface area contributed by atoms with Crippen LogP contribution in [-0.2, 0) is 11.2 Å². The molecule has 4 heteroatoms. The Hall–Kier alpha value is -1.09. The predicted octanol–water partition coefficient (Wildman–Crippen LogP) is 2.62. The topological polar surface area (TPSA) is 26.3 Å². The van der Waals surface area contributed by atoms with Gasteiger partial charge in [-0.2, -0.15) is 0 Å². The van der Waals surface area contributed by atoms with Gasteiger partial charge in [0.2, 0.25) is 0 Å². The van der Waals surface area contributed by atoms with Gasteiger partial charge >= 0.3 is 0 Å². The van der Waals surface area contributed by atoms with E-state index in [4.69, 9.17) is 16.3 Å². The highest BCUT2D eigenvalue weighted by Gasteiger charge is 2.12. The second-order valence-electron chi connectivity index (χ2n) is 2.75. The minimum Gasteiger partial charge on any atom is -0.496 e. The van der Waals surface area contributed by atoms with Gasteiger partial charge in [-0.3, -0.25) is 0 Å². The zero-order valence-corrected chi connectivity index (χ0v) is 8.47. The van der Waals surface area contributed by atoms with Gasteiger partial charge < -0.3 is 9.53 Å². The quantitative estimate of drug-likeness (QED) is 0.724. The van der Waals surface area contributed by atoms with Crippen molar-refractivity contribution in [2.24, 2.45) is 0 Å². The van der Waals surface area contributed by atoms with Gasteiger partial charge in [0.1, 0.15) is 17.9 Å². The summed E-state index contributed by atoms with van der Waals surface area (Å²) in [5, 5.41) is 0.0479. The molecule has 1 aromatic carbocycles. The highest BCUT2D eigenvalue weighted by atomic mass is 35.5. The van der Waals surface area contributed by atoms with Gasteiger partial charge in [-0.15, -0.1) is 0 Å². The molecule has 0 aliphatic rings. The minimum atomic E-state index is -0.507. The average Bonchev–Trinajstić information content (AvgIpc) is 2.20. The molecule has 0 radical (unpaired) electrons. The van der Waals surface area contributed by atoms with Crippen molar-refractivity contribution in [3.63, 3.8) is 0 Å². The van der Waals surface area contributed by atoms with Crippen LogP contribution in [0.2, 0.25) is 5.02 Å². The standard InChI is InChI=1S/C10H10ClFO2/c1-14-9-5-4-8(11)10(12)7(9)3-2-6-13/h4-6H,2-3H2,1H3. The van der Waals surface area contributed by atoms with Crippen molar-refractivity contribution in [1.82, 2.24) is 0 Å². The number of rotatable bonds is 4. The summed E-state index contributed by atoms with van der Waals surface area (Å²) in [4.78, 5) is 10.2. The molecule has 0 aliphatic heterocycles. The fourth-order valence-corrected chi connectivity index (χ4v) is 1.38. The number of aldehydes is 1. The van der Waals surface area contributed by atoms with Gasteiger partial charge in [-0.1, -0.05) is 11.6 Å². The average molecular weight is 217 g/mol. The molecule has 0 saturated carbocycles. The van der Waals surface area contributed by atoms with Crippen LogP contribution in [0, 0.1) is 5.82 Å². The van der Waals surface area contributed by atoms with Crippen LogP contribution < -0.4 is 4.74 Å². The van der Waals surface area contributed by atoms with E-state index in [2.05, 4.69) is 0 Å². The Balaban J connectivity index is 3.07. The Morgan fingerprint density at radius 3 is 2.86 bits per heavy atom. The molecule has 0 unspecified atom stereocenters. The third-order valence-electron chi connectivity index (χ3n) is 1.89. The number of hydrogen-bond acceptors (Lipinski definition) is 2. The van der Waals surface area contributed by atoms with Gasteiger partial charge in [0, 0.05) is 12.0 Å². The van der Waals surface area contributed by atoms with Gasteiger partial charge in [0.15, 0.2) is 0 Å². The highest BCUT2D eigenvalue weighted by Crippen LogP contribution is 2.27. The van der Waals surface area contributed by atoms with Crippen molar-refractivity contribution in [3.8, 4) is 5.75 Å². The molecule has 76 valence electrons. The summed E-state index contributed by atoms with van der Waals surface area (Å²) < 4.78 is 18.4. The second-order valence-corrected chi connectivity index (χ2v) is 3.15. The summed E-state index contributed by atoms with van der Waals surface area (Å²) in [6.45, 7) is 0. The van der Waals surface area contributed by atoms with Crippen LogP contribution in [0.25, 0.3) is 0 Å². The molecule has 2 nitrogen and oxygen atoms in total. The fraction of sp³-hybridized carbons (Fsp3) is 0.300. The molecule has 0 aromatic heterocycles. The first-order valence-corrected chi connectivity index (χ1v) is 4.53. The Bertz CT molecular complexity index is 339. The summed E-state index contributed by atoms with van der Waals surface area (Å²) in [6, 6.07) is 3.02. The van der Waals surface area contributed by atoms with E-state index in [0.29, 0.717) is 17.7 Å². The molecule has 0 fully saturated rings. The molecular formula is C10H10ClFO2. The molecule has 1 aromatic rings. The van der Waals surface area contributed by atoms with Crippen LogP contribution in [0.15, 0.2) is 12.1 Å². The number of carbonyl (C=O) groups is 1. The molecule has 0 aliphatic carbocycles. The number of methoxy groups -OCH3 is 1. The summed E-state index contributed by atoms with van der Waals surface area (Å²) in [6.07, 6.45) is 1.30. The van der Waals surface area contributed by atoms with E-state index in [-0.39, 0.29) is 11.4 Å². The molecule has 14 heavy (non-hydrogen) atoms. The lowest BCUT2D eigenvalue weighted by molar-refractivity contribution is -0.107. The third kappa shape index (κ3) is 2.23. The Morgan fingerprint density at radius 1 is 1.57 bits per heavy atom. The first kappa shape index (κ1) is 11.0. The predicted molar refractivity (Wildman–Crippen MR) is 52.3 cm³/mol. The van der Waals surface area contributed by atoms with Crippen molar-refractivity contribution in [2.45, 2.75) is 12.8 Å². The van der Waals surface area contributed by atoms with Crippen LogP contribution >= 0.6 is 11.6 Å². The third-order valence-corrected chi connectivity index (χ3v) is 2.18. The summed E-state index contributed by atoms with van der Waals surface area (Å²) in [5.41, 5.74) is 0.354. The van der Waals surface area contributed by atoms with E-state index in [1.165, 1.54) is 13.2 Å². The molecule has 0 spiro atoms. The monoisotopic (exact) mass is 216 g/mol. The first-order chi connectivity index (χ1) is 6.70. The van der Waals surface area contributed by atoms with Crippen molar-refractivity contribution in [3.05, 3.63) is 28.5 Å². The van der Waals surface area contributed by atoms with Crippen LogP contribution in [0.1, 0.15) is 12.0 Å². The lowest BCUT2D eigenvalue weighted by atomic mass is 10.1. The van der Waals surface area contributed by atoms with E-state index in [9.17, 15) is 9.18 Å². The van der Waals surface area contributed by atoms with Crippen molar-refractivity contribution >= 4 is 17.9 Å². The van der Waals surface area contributed by atoms with Crippen LogP contribution in [0.3, 0.4) is 0 Å². The van der Waals surface area contributed by atoms with Crippen molar-refractivity contribution in [1.29, 1.82) is 0 Å². The summed E-state index contributed by atoms with van der Waals surface area (Å²) in [7, 11) is 1.45. The maximum Gasteiger partial charge on any atom is 0.148 e. The normalized spacial score (nSPS) is 9.93. The molecule has 0 amide bonds. The SMILES string of the molecule is COc1ccc(Cl)c(F)c1CCC=O. The lowest BCUT2D eigenvalue weighted by Gasteiger charge is -2.08. The Kier molecular flexibility index (Phi) is 3.89. The van der Waals surface area contributed by atoms with Gasteiger partial charge in [-0.25, -0.2) is 4.39 Å². The van der Waals surface area contributed by atoms with Crippen LogP contribution in [0.5, 0.6) is 5.75 Å². The number of ether oxygens (including phenoxy) is 1. The molecule has 0 N–H and O–H groups in total. The maximum atomic E-state index is 13.4. The molecule has 0 atom stereocenters. The smallest absolute Gasteiger partial charge is 0.148 e. The molecule has 0 heterocycles. The maximum absolute atomic E-state index is 13.4. The molecule has 0 bridgehead atoms. The van der Waals surface area contributed by atoms with Crippen LogP contribution in [-0.4, -0.2) is 13.4 Å². The van der Waals surface area contributed by atoms with Gasteiger partial charge in [-0.05, 0) is 18.6 Å². The Morgan fingerprint density at radius 2 is 2.29 bits per heavy atom. The number of carbonyl (C=O) groups excluding carboxylic acids is 1. The van der Waals surface area contributed by atoms with Gasteiger partial charge in [0.05, 0.1) is 12.1 Å². The zero-order valence-electron chi connectivity index (χ0n) is 7.72. The Labute approximate surface area is 86.6 Å². The summed E-state index contributed by atoms with van der Waals surface area (Å²) in [5.74, 6) is -0.0818. The second kappa shape index (κ2) is 4.96. The largest absolute Gasteiger partial charge is 0.496 e. The van der Waals surface area contributed by atoms with Crippen molar-refractivity contribution in [2.75, 3.05) is 7.11 Å². The number of halogens is 2. The zero-order chi connectivity index (χ0) is 10.6. The van der Waals surface area contributed by atoms with E-state index in [1.54, 1.807) is 6.07 Å².